The first kappa shape index (κ1) is 11.8. The van der Waals surface area contributed by atoms with Crippen molar-refractivity contribution in [1.29, 1.82) is 0 Å². The minimum Gasteiger partial charge on any atom is -0.491 e. The second-order valence-electron chi connectivity index (χ2n) is 3.66. The molecule has 0 aromatic heterocycles. The third-order valence-corrected chi connectivity index (χ3v) is 1.87. The molecule has 2 nitrogen and oxygen atoms in total. The van der Waals surface area contributed by atoms with Crippen LogP contribution in [0.5, 0.6) is 5.75 Å². The summed E-state index contributed by atoms with van der Waals surface area (Å²) in [5.74, 6) is 0.862. The Labute approximate surface area is 90.4 Å². The van der Waals surface area contributed by atoms with E-state index in [1.165, 1.54) is 0 Å². The van der Waals surface area contributed by atoms with E-state index in [4.69, 9.17) is 4.74 Å². The number of alkyl halides is 1. The van der Waals surface area contributed by atoms with Gasteiger partial charge in [-0.25, -0.2) is 0 Å². The van der Waals surface area contributed by atoms with Crippen LogP contribution in [0.2, 0.25) is 0 Å². The number of halogens is 1. The molecule has 0 unspecified atom stereocenters. The van der Waals surface area contributed by atoms with Crippen LogP contribution < -0.4 is 10.1 Å². The van der Waals surface area contributed by atoms with E-state index < -0.39 is 0 Å². The molecule has 0 atom stereocenters. The minimum absolute atomic E-state index is 0.190. The molecule has 1 rings (SSSR count). The van der Waals surface area contributed by atoms with Gasteiger partial charge >= 0.3 is 0 Å². The fourth-order valence-corrected chi connectivity index (χ4v) is 1.22. The van der Waals surface area contributed by atoms with Crippen molar-refractivity contribution in [3.8, 4) is 5.75 Å². The van der Waals surface area contributed by atoms with Crippen LogP contribution >= 0.6 is 0 Å². The van der Waals surface area contributed by atoms with E-state index in [1.54, 1.807) is 0 Å². The maximum absolute atomic E-state index is 11.8. The van der Waals surface area contributed by atoms with Gasteiger partial charge in [-0.2, -0.15) is 0 Å². The summed E-state index contributed by atoms with van der Waals surface area (Å²) in [4.78, 5) is 0. The van der Waals surface area contributed by atoms with Gasteiger partial charge in [-0.3, -0.25) is 4.39 Å². The number of hydrogen-bond acceptors (Lipinski definition) is 2. The van der Waals surface area contributed by atoms with Crippen LogP contribution in [0.4, 0.5) is 10.1 Å². The second kappa shape index (κ2) is 6.27. The quantitative estimate of drug-likeness (QED) is 0.729. The lowest BCUT2D eigenvalue weighted by Crippen LogP contribution is -2.06. The van der Waals surface area contributed by atoms with E-state index in [0.717, 1.165) is 11.4 Å². The zero-order valence-corrected chi connectivity index (χ0v) is 9.29. The van der Waals surface area contributed by atoms with E-state index in [9.17, 15) is 4.39 Å². The molecule has 0 aliphatic heterocycles. The zero-order valence-electron chi connectivity index (χ0n) is 9.29. The van der Waals surface area contributed by atoms with Gasteiger partial charge in [-0.05, 0) is 44.5 Å². The lowest BCUT2D eigenvalue weighted by Gasteiger charge is -2.10. The van der Waals surface area contributed by atoms with Crippen molar-refractivity contribution in [3.63, 3.8) is 0 Å². The Morgan fingerprint density at radius 2 is 1.93 bits per heavy atom. The molecule has 0 saturated carbocycles. The molecule has 0 heterocycles. The topological polar surface area (TPSA) is 21.3 Å². The average molecular weight is 211 g/mol. The highest BCUT2D eigenvalue weighted by Gasteiger charge is 1.97. The fraction of sp³-hybridized carbons (Fsp3) is 0.500. The van der Waals surface area contributed by atoms with Crippen molar-refractivity contribution in [2.45, 2.75) is 26.4 Å². The maximum atomic E-state index is 11.8. The predicted molar refractivity (Wildman–Crippen MR) is 61.3 cm³/mol. The molecular weight excluding hydrogens is 193 g/mol. The zero-order chi connectivity index (χ0) is 11.1. The van der Waals surface area contributed by atoms with Crippen molar-refractivity contribution in [1.82, 2.24) is 0 Å². The highest BCUT2D eigenvalue weighted by molar-refractivity contribution is 5.46. The number of rotatable bonds is 6. The first-order chi connectivity index (χ1) is 7.22. The van der Waals surface area contributed by atoms with Crippen molar-refractivity contribution < 1.29 is 9.13 Å². The van der Waals surface area contributed by atoms with Crippen molar-refractivity contribution in [2.75, 3.05) is 18.5 Å². The number of ether oxygens (including phenoxy) is 1. The molecule has 0 aliphatic carbocycles. The number of benzene rings is 1. The normalized spacial score (nSPS) is 10.4. The largest absolute Gasteiger partial charge is 0.491 e. The first-order valence-corrected chi connectivity index (χ1v) is 5.29. The second-order valence-corrected chi connectivity index (χ2v) is 3.66. The Morgan fingerprint density at radius 3 is 2.47 bits per heavy atom. The van der Waals surface area contributed by atoms with E-state index in [1.807, 2.05) is 38.1 Å². The predicted octanol–water partition coefficient (Wildman–Crippen LogP) is 3.25. The van der Waals surface area contributed by atoms with Crippen LogP contribution in [0.3, 0.4) is 0 Å². The van der Waals surface area contributed by atoms with E-state index in [0.29, 0.717) is 13.0 Å². The van der Waals surface area contributed by atoms with E-state index >= 15 is 0 Å². The van der Waals surface area contributed by atoms with Gasteiger partial charge in [0, 0.05) is 12.2 Å². The monoisotopic (exact) mass is 211 g/mol. The Hall–Kier alpha value is -1.25. The molecule has 0 fully saturated rings. The molecule has 1 aromatic carbocycles. The number of anilines is 1. The van der Waals surface area contributed by atoms with Crippen LogP contribution in [-0.4, -0.2) is 19.3 Å². The van der Waals surface area contributed by atoms with Crippen molar-refractivity contribution >= 4 is 5.69 Å². The third-order valence-electron chi connectivity index (χ3n) is 1.87. The summed E-state index contributed by atoms with van der Waals surface area (Å²) >= 11 is 0. The summed E-state index contributed by atoms with van der Waals surface area (Å²) < 4.78 is 17.4. The molecule has 0 bridgehead atoms. The summed E-state index contributed by atoms with van der Waals surface area (Å²) in [6, 6.07) is 7.71. The van der Waals surface area contributed by atoms with Gasteiger partial charge in [0.25, 0.3) is 0 Å². The molecule has 1 aromatic rings. The number of hydrogen-bond donors (Lipinski definition) is 1. The smallest absolute Gasteiger partial charge is 0.119 e. The van der Waals surface area contributed by atoms with Crippen molar-refractivity contribution in [3.05, 3.63) is 24.3 Å². The Morgan fingerprint density at radius 1 is 1.27 bits per heavy atom. The summed E-state index contributed by atoms with van der Waals surface area (Å²) in [5.41, 5.74) is 1.000. The van der Waals surface area contributed by atoms with E-state index in [2.05, 4.69) is 5.32 Å². The van der Waals surface area contributed by atoms with Gasteiger partial charge < -0.3 is 10.1 Å². The average Bonchev–Trinajstić information content (AvgIpc) is 2.20. The van der Waals surface area contributed by atoms with Gasteiger partial charge in [0.2, 0.25) is 0 Å². The lowest BCUT2D eigenvalue weighted by atomic mass is 10.3. The van der Waals surface area contributed by atoms with Gasteiger partial charge in [0.05, 0.1) is 12.8 Å². The molecule has 3 heteroatoms. The van der Waals surface area contributed by atoms with Gasteiger partial charge in [0.15, 0.2) is 0 Å². The van der Waals surface area contributed by atoms with E-state index in [-0.39, 0.29) is 12.8 Å². The van der Waals surface area contributed by atoms with Crippen LogP contribution in [-0.2, 0) is 0 Å². The Balaban J connectivity index is 2.42. The molecular formula is C12H18FNO. The van der Waals surface area contributed by atoms with Crippen LogP contribution in [0.1, 0.15) is 20.3 Å². The fourth-order valence-electron chi connectivity index (χ4n) is 1.22. The third kappa shape index (κ3) is 4.68. The van der Waals surface area contributed by atoms with Gasteiger partial charge in [-0.15, -0.1) is 0 Å². The first-order valence-electron chi connectivity index (χ1n) is 5.29. The molecule has 0 spiro atoms. The standard InChI is InChI=1S/C12H18FNO/c1-10(2)15-12-6-4-11(5-7-12)14-9-3-8-13/h4-7,10,14H,3,8-9H2,1-2H3. The molecule has 0 amide bonds. The lowest BCUT2D eigenvalue weighted by molar-refractivity contribution is 0.242. The summed E-state index contributed by atoms with van der Waals surface area (Å²) in [6.45, 7) is 4.38. The Kier molecular flexibility index (Phi) is 4.95. The minimum atomic E-state index is -0.276. The molecule has 0 saturated heterocycles. The molecule has 0 aliphatic rings. The number of nitrogens with one attached hydrogen (secondary N) is 1. The van der Waals surface area contributed by atoms with Gasteiger partial charge in [0.1, 0.15) is 5.75 Å². The van der Waals surface area contributed by atoms with Crippen LogP contribution in [0.25, 0.3) is 0 Å². The highest BCUT2D eigenvalue weighted by Crippen LogP contribution is 2.16. The summed E-state index contributed by atoms with van der Waals surface area (Å²) in [5, 5.41) is 3.13. The van der Waals surface area contributed by atoms with Crippen molar-refractivity contribution in [2.24, 2.45) is 0 Å². The molecule has 1 N–H and O–H groups in total. The van der Waals surface area contributed by atoms with Crippen LogP contribution in [0.15, 0.2) is 24.3 Å². The van der Waals surface area contributed by atoms with Gasteiger partial charge in [-0.1, -0.05) is 0 Å². The molecule has 15 heavy (non-hydrogen) atoms. The maximum Gasteiger partial charge on any atom is 0.119 e. The summed E-state index contributed by atoms with van der Waals surface area (Å²) in [6.07, 6.45) is 0.736. The molecule has 84 valence electrons. The SMILES string of the molecule is CC(C)Oc1ccc(NCCCF)cc1. The summed E-state index contributed by atoms with van der Waals surface area (Å²) in [7, 11) is 0. The Bertz CT molecular complexity index is 271. The highest BCUT2D eigenvalue weighted by atomic mass is 19.1. The van der Waals surface area contributed by atoms with Crippen LogP contribution in [0, 0.1) is 0 Å². The molecule has 0 radical (unpaired) electrons.